The summed E-state index contributed by atoms with van der Waals surface area (Å²) in [5, 5.41) is 1.11. The van der Waals surface area contributed by atoms with Crippen LogP contribution in [-0.2, 0) is 6.42 Å². The molecule has 1 radical (unpaired) electrons. The van der Waals surface area contributed by atoms with Gasteiger partial charge in [0.2, 0.25) is 0 Å². The van der Waals surface area contributed by atoms with Crippen molar-refractivity contribution in [2.45, 2.75) is 6.42 Å². The first-order valence-electron chi connectivity index (χ1n) is 3.77. The SMILES string of the molecule is C=CCc1nc2[c]cccc2s1. The zero-order valence-corrected chi connectivity index (χ0v) is 7.40. The topological polar surface area (TPSA) is 12.9 Å². The summed E-state index contributed by atoms with van der Waals surface area (Å²) in [6, 6.07) is 9.03. The summed E-state index contributed by atoms with van der Waals surface area (Å²) in [6.07, 6.45) is 2.73. The number of allylic oxidation sites excluding steroid dienone is 1. The molecule has 0 aliphatic rings. The Bertz CT molecular complexity index is 370. The minimum atomic E-state index is 0.854. The molecule has 12 heavy (non-hydrogen) atoms. The Labute approximate surface area is 75.4 Å². The van der Waals surface area contributed by atoms with E-state index in [1.807, 2.05) is 18.2 Å². The van der Waals surface area contributed by atoms with Crippen molar-refractivity contribution in [1.29, 1.82) is 0 Å². The fourth-order valence-electron chi connectivity index (χ4n) is 1.07. The normalized spacial score (nSPS) is 10.3. The quantitative estimate of drug-likeness (QED) is 0.638. The molecule has 2 heteroatoms. The van der Waals surface area contributed by atoms with Gasteiger partial charge >= 0.3 is 0 Å². The van der Waals surface area contributed by atoms with Gasteiger partial charge in [-0.2, -0.15) is 0 Å². The average molecular weight is 174 g/mol. The van der Waals surface area contributed by atoms with Gasteiger partial charge in [0.05, 0.1) is 15.2 Å². The third kappa shape index (κ3) is 1.25. The molecule has 59 valence electrons. The Morgan fingerprint density at radius 1 is 1.67 bits per heavy atom. The van der Waals surface area contributed by atoms with Gasteiger partial charge < -0.3 is 0 Å². The highest BCUT2D eigenvalue weighted by atomic mass is 32.1. The van der Waals surface area contributed by atoms with E-state index in [1.54, 1.807) is 11.3 Å². The Morgan fingerprint density at radius 2 is 2.58 bits per heavy atom. The summed E-state index contributed by atoms with van der Waals surface area (Å²) in [5.74, 6) is 0. The Hall–Kier alpha value is -1.15. The number of aromatic nitrogens is 1. The number of para-hydroxylation sites is 1. The van der Waals surface area contributed by atoms with Crippen molar-refractivity contribution in [1.82, 2.24) is 4.98 Å². The molecule has 0 saturated heterocycles. The minimum absolute atomic E-state index is 0.854. The number of nitrogens with zero attached hydrogens (tertiary/aromatic N) is 1. The Kier molecular flexibility index (Phi) is 1.92. The highest BCUT2D eigenvalue weighted by molar-refractivity contribution is 7.18. The molecular formula is C10H8NS. The predicted molar refractivity (Wildman–Crippen MR) is 52.4 cm³/mol. The van der Waals surface area contributed by atoms with Crippen LogP contribution in [0, 0.1) is 6.07 Å². The van der Waals surface area contributed by atoms with Crippen molar-refractivity contribution in [2.24, 2.45) is 0 Å². The maximum absolute atomic E-state index is 4.39. The standard InChI is InChI=1S/C10H8NS/c1-2-5-10-11-8-6-3-4-7-9(8)12-10/h2-4,7H,1,5H2. The number of fused-ring (bicyclic) bond motifs is 1. The van der Waals surface area contributed by atoms with Gasteiger partial charge in [-0.15, -0.1) is 17.9 Å². The van der Waals surface area contributed by atoms with Gasteiger partial charge in [-0.3, -0.25) is 0 Å². The van der Waals surface area contributed by atoms with E-state index in [1.165, 1.54) is 4.70 Å². The van der Waals surface area contributed by atoms with Gasteiger partial charge in [0.15, 0.2) is 0 Å². The van der Waals surface area contributed by atoms with Crippen molar-refractivity contribution in [3.05, 3.63) is 41.9 Å². The molecule has 0 aliphatic heterocycles. The van der Waals surface area contributed by atoms with E-state index in [0.29, 0.717) is 0 Å². The van der Waals surface area contributed by atoms with Crippen LogP contribution in [0.15, 0.2) is 30.9 Å². The molecule has 1 aromatic carbocycles. The van der Waals surface area contributed by atoms with Crippen LogP contribution in [0.4, 0.5) is 0 Å². The zero-order chi connectivity index (χ0) is 8.39. The number of hydrogen-bond donors (Lipinski definition) is 0. The molecule has 1 heterocycles. The van der Waals surface area contributed by atoms with E-state index in [2.05, 4.69) is 23.7 Å². The largest absolute Gasteiger partial charge is 0.240 e. The van der Waals surface area contributed by atoms with E-state index in [-0.39, 0.29) is 0 Å². The van der Waals surface area contributed by atoms with Gasteiger partial charge in [-0.05, 0) is 6.07 Å². The second-order valence-electron chi connectivity index (χ2n) is 2.48. The fraction of sp³-hybridized carbons (Fsp3) is 0.100. The lowest BCUT2D eigenvalue weighted by molar-refractivity contribution is 1.22. The summed E-state index contributed by atoms with van der Waals surface area (Å²) in [5.41, 5.74) is 0.972. The van der Waals surface area contributed by atoms with Crippen molar-refractivity contribution in [3.63, 3.8) is 0 Å². The van der Waals surface area contributed by atoms with E-state index in [9.17, 15) is 0 Å². The summed E-state index contributed by atoms with van der Waals surface area (Å²) in [6.45, 7) is 3.68. The summed E-state index contributed by atoms with van der Waals surface area (Å²) in [4.78, 5) is 4.39. The lowest BCUT2D eigenvalue weighted by Gasteiger charge is -1.80. The molecule has 2 rings (SSSR count). The van der Waals surface area contributed by atoms with Crippen LogP contribution >= 0.6 is 11.3 Å². The van der Waals surface area contributed by atoms with E-state index in [0.717, 1.165) is 16.9 Å². The highest BCUT2D eigenvalue weighted by Crippen LogP contribution is 2.21. The zero-order valence-electron chi connectivity index (χ0n) is 6.58. The van der Waals surface area contributed by atoms with Gasteiger partial charge in [0.25, 0.3) is 0 Å². The third-order valence-corrected chi connectivity index (χ3v) is 2.62. The molecule has 0 saturated carbocycles. The molecule has 1 nitrogen and oxygen atoms in total. The lowest BCUT2D eigenvalue weighted by atomic mass is 10.3. The second kappa shape index (κ2) is 3.07. The highest BCUT2D eigenvalue weighted by Gasteiger charge is 1.99. The van der Waals surface area contributed by atoms with Crippen LogP contribution in [0.25, 0.3) is 10.2 Å². The van der Waals surface area contributed by atoms with Crippen molar-refractivity contribution in [2.75, 3.05) is 0 Å². The molecule has 0 spiro atoms. The molecule has 0 fully saturated rings. The number of rotatable bonds is 2. The Morgan fingerprint density at radius 3 is 3.33 bits per heavy atom. The summed E-state index contributed by atoms with van der Waals surface area (Å²) in [7, 11) is 0. The minimum Gasteiger partial charge on any atom is -0.240 e. The van der Waals surface area contributed by atoms with Gasteiger partial charge in [0, 0.05) is 12.5 Å². The molecule has 0 amide bonds. The van der Waals surface area contributed by atoms with Crippen LogP contribution in [-0.4, -0.2) is 4.98 Å². The first-order chi connectivity index (χ1) is 5.90. The monoisotopic (exact) mass is 174 g/mol. The smallest absolute Gasteiger partial charge is 0.0976 e. The Balaban J connectivity index is 2.54. The maximum Gasteiger partial charge on any atom is 0.0976 e. The molecule has 0 aliphatic carbocycles. The van der Waals surface area contributed by atoms with Crippen molar-refractivity contribution in [3.8, 4) is 0 Å². The molecule has 0 atom stereocenters. The van der Waals surface area contributed by atoms with Crippen molar-refractivity contribution >= 4 is 21.6 Å². The summed E-state index contributed by atoms with van der Waals surface area (Å²) < 4.78 is 1.20. The van der Waals surface area contributed by atoms with Crippen molar-refractivity contribution < 1.29 is 0 Å². The number of thiazole rings is 1. The van der Waals surface area contributed by atoms with Crippen LogP contribution < -0.4 is 0 Å². The maximum atomic E-state index is 4.39. The van der Waals surface area contributed by atoms with Gasteiger partial charge in [-0.25, -0.2) is 4.98 Å². The molecule has 2 aromatic rings. The molecule has 0 N–H and O–H groups in total. The average Bonchev–Trinajstić information content (AvgIpc) is 2.47. The van der Waals surface area contributed by atoms with E-state index < -0.39 is 0 Å². The second-order valence-corrected chi connectivity index (χ2v) is 3.60. The number of benzene rings is 1. The molecular weight excluding hydrogens is 166 g/mol. The van der Waals surface area contributed by atoms with Crippen LogP contribution in [0.3, 0.4) is 0 Å². The van der Waals surface area contributed by atoms with Gasteiger partial charge in [0.1, 0.15) is 0 Å². The van der Waals surface area contributed by atoms with Crippen LogP contribution in [0.1, 0.15) is 5.01 Å². The van der Waals surface area contributed by atoms with Crippen LogP contribution in [0.5, 0.6) is 0 Å². The fourth-order valence-corrected chi connectivity index (χ4v) is 2.01. The number of hydrogen-bond acceptors (Lipinski definition) is 2. The molecule has 1 aromatic heterocycles. The van der Waals surface area contributed by atoms with E-state index in [4.69, 9.17) is 0 Å². The third-order valence-electron chi connectivity index (χ3n) is 1.58. The first-order valence-corrected chi connectivity index (χ1v) is 4.59. The first kappa shape index (κ1) is 7.50. The lowest BCUT2D eigenvalue weighted by Crippen LogP contribution is -1.75. The summed E-state index contributed by atoms with van der Waals surface area (Å²) >= 11 is 1.71. The van der Waals surface area contributed by atoms with Gasteiger partial charge in [-0.1, -0.05) is 18.2 Å². The molecule has 0 bridgehead atoms. The van der Waals surface area contributed by atoms with Crippen LogP contribution in [0.2, 0.25) is 0 Å². The molecule has 0 unspecified atom stereocenters. The predicted octanol–water partition coefficient (Wildman–Crippen LogP) is 2.82. The van der Waals surface area contributed by atoms with E-state index >= 15 is 0 Å².